The molecule has 0 saturated carbocycles. The zero-order chi connectivity index (χ0) is 17.3. The van der Waals surface area contributed by atoms with Crippen LogP contribution in [0.15, 0.2) is 24.3 Å². The molecule has 1 aromatic carbocycles. The summed E-state index contributed by atoms with van der Waals surface area (Å²) in [4.78, 5) is 16.6. The number of carbonyl (C=O) groups is 1. The predicted molar refractivity (Wildman–Crippen MR) is 91.3 cm³/mol. The van der Waals surface area contributed by atoms with E-state index < -0.39 is 16.1 Å². The van der Waals surface area contributed by atoms with Crippen LogP contribution in [0.5, 0.6) is 0 Å². The minimum Gasteiger partial charge on any atom is -0.366 e. The average Bonchev–Trinajstić information content (AvgIpc) is 2.73. The number of benzene rings is 1. The number of sulfonamides is 1. The van der Waals surface area contributed by atoms with Crippen LogP contribution in [0.25, 0.3) is 0 Å². The van der Waals surface area contributed by atoms with Crippen LogP contribution in [-0.2, 0) is 26.1 Å². The van der Waals surface area contributed by atoms with Crippen LogP contribution < -0.4 is 4.31 Å². The third kappa shape index (κ3) is 3.55. The van der Waals surface area contributed by atoms with Crippen LogP contribution in [0.1, 0.15) is 5.56 Å². The van der Waals surface area contributed by atoms with Crippen molar-refractivity contribution in [3.8, 4) is 0 Å². The van der Waals surface area contributed by atoms with E-state index in [1.54, 1.807) is 11.0 Å². The van der Waals surface area contributed by atoms with Gasteiger partial charge in [-0.3, -0.25) is 9.10 Å². The molecule has 0 unspecified atom stereocenters. The molecule has 1 atom stereocenters. The third-order valence-corrected chi connectivity index (χ3v) is 5.63. The van der Waals surface area contributed by atoms with E-state index in [0.717, 1.165) is 12.1 Å². The van der Waals surface area contributed by atoms with E-state index in [9.17, 15) is 13.2 Å². The number of fused-ring (bicyclic) bond motifs is 1. The number of amides is 1. The average molecular weight is 353 g/mol. The predicted octanol–water partition coefficient (Wildman–Crippen LogP) is 0.125. The van der Waals surface area contributed by atoms with Gasteiger partial charge in [-0.25, -0.2) is 8.42 Å². The molecule has 24 heavy (non-hydrogen) atoms. The Bertz CT molecular complexity index is 722. The molecule has 3 rings (SSSR count). The first-order valence-corrected chi connectivity index (χ1v) is 9.85. The first-order chi connectivity index (χ1) is 11.4. The molecule has 1 saturated heterocycles. The number of rotatable bonds is 2. The van der Waals surface area contributed by atoms with E-state index in [1.165, 1.54) is 10.6 Å². The summed E-state index contributed by atoms with van der Waals surface area (Å²) in [5.74, 6) is -0.0771. The molecule has 0 bridgehead atoms. The van der Waals surface area contributed by atoms with Gasteiger partial charge in [-0.1, -0.05) is 18.2 Å². The Morgan fingerprint density at radius 3 is 2.67 bits per heavy atom. The first-order valence-electron chi connectivity index (χ1n) is 8.01. The van der Waals surface area contributed by atoms with Crippen LogP contribution in [0.3, 0.4) is 0 Å². The number of anilines is 1. The van der Waals surface area contributed by atoms with Gasteiger partial charge in [0.25, 0.3) is 5.91 Å². The summed E-state index contributed by atoms with van der Waals surface area (Å²) in [5.41, 5.74) is 1.48. The molecule has 1 amide bonds. The Labute approximate surface area is 142 Å². The minimum atomic E-state index is -3.39. The zero-order valence-electron chi connectivity index (χ0n) is 14.0. The van der Waals surface area contributed by atoms with Crippen LogP contribution >= 0.6 is 0 Å². The van der Waals surface area contributed by atoms with Crippen molar-refractivity contribution in [2.75, 3.05) is 50.4 Å². The van der Waals surface area contributed by atoms with Gasteiger partial charge >= 0.3 is 0 Å². The second-order valence-corrected chi connectivity index (χ2v) is 8.25. The Morgan fingerprint density at radius 2 is 1.96 bits per heavy atom. The fraction of sp³-hybridized carbons (Fsp3) is 0.562. The van der Waals surface area contributed by atoms with Crippen molar-refractivity contribution in [1.82, 2.24) is 9.80 Å². The molecule has 0 N–H and O–H groups in total. The molecule has 0 radical (unpaired) electrons. The van der Waals surface area contributed by atoms with Crippen molar-refractivity contribution < 1.29 is 17.9 Å². The van der Waals surface area contributed by atoms with Gasteiger partial charge in [-0.15, -0.1) is 0 Å². The van der Waals surface area contributed by atoms with Gasteiger partial charge in [0.15, 0.2) is 0 Å². The van der Waals surface area contributed by atoms with Gasteiger partial charge < -0.3 is 14.5 Å². The lowest BCUT2D eigenvalue weighted by Crippen LogP contribution is -2.50. The number of nitrogens with zero attached hydrogens (tertiary/aromatic N) is 3. The molecular formula is C16H23N3O4S. The molecule has 2 aliphatic rings. The highest BCUT2D eigenvalue weighted by atomic mass is 32.2. The van der Waals surface area contributed by atoms with Gasteiger partial charge in [0.2, 0.25) is 10.0 Å². The normalized spacial score (nSPS) is 22.8. The molecule has 1 fully saturated rings. The molecule has 0 aliphatic carbocycles. The number of carbonyl (C=O) groups excluding carboxylic acids is 1. The summed E-state index contributed by atoms with van der Waals surface area (Å²) in [6.45, 7) is 2.91. The SMILES string of the molecule is CN1CCO[C@H](C(=O)N2CCN(S(C)(=O)=O)c3ccccc3C2)C1. The van der Waals surface area contributed by atoms with E-state index in [0.29, 0.717) is 31.9 Å². The summed E-state index contributed by atoms with van der Waals surface area (Å²) in [6, 6.07) is 7.33. The van der Waals surface area contributed by atoms with Gasteiger partial charge in [0, 0.05) is 26.2 Å². The summed E-state index contributed by atoms with van der Waals surface area (Å²) in [6.07, 6.45) is 0.709. The van der Waals surface area contributed by atoms with Crippen molar-refractivity contribution in [3.05, 3.63) is 29.8 Å². The number of hydrogen-bond donors (Lipinski definition) is 0. The minimum absolute atomic E-state index is 0.0771. The molecule has 7 nitrogen and oxygen atoms in total. The molecule has 2 aliphatic heterocycles. The molecule has 132 valence electrons. The van der Waals surface area contributed by atoms with Crippen molar-refractivity contribution in [3.63, 3.8) is 0 Å². The Balaban J connectivity index is 1.85. The van der Waals surface area contributed by atoms with Gasteiger partial charge in [0.05, 0.1) is 25.1 Å². The Morgan fingerprint density at radius 1 is 1.21 bits per heavy atom. The summed E-state index contributed by atoms with van der Waals surface area (Å²) < 4.78 is 31.2. The Hall–Kier alpha value is -1.64. The number of hydrogen-bond acceptors (Lipinski definition) is 5. The van der Waals surface area contributed by atoms with E-state index >= 15 is 0 Å². The molecule has 0 aromatic heterocycles. The maximum Gasteiger partial charge on any atom is 0.253 e. The molecule has 8 heteroatoms. The summed E-state index contributed by atoms with van der Waals surface area (Å²) >= 11 is 0. The van der Waals surface area contributed by atoms with Gasteiger partial charge in [0.1, 0.15) is 6.10 Å². The van der Waals surface area contributed by atoms with E-state index in [-0.39, 0.29) is 12.5 Å². The first kappa shape index (κ1) is 17.2. The van der Waals surface area contributed by atoms with Crippen molar-refractivity contribution in [2.24, 2.45) is 0 Å². The van der Waals surface area contributed by atoms with E-state index in [4.69, 9.17) is 4.74 Å². The second-order valence-electron chi connectivity index (χ2n) is 6.35. The maximum absolute atomic E-state index is 12.8. The van der Waals surface area contributed by atoms with Crippen LogP contribution in [-0.4, -0.2) is 76.3 Å². The zero-order valence-corrected chi connectivity index (χ0v) is 14.8. The van der Waals surface area contributed by atoms with Gasteiger partial charge in [-0.05, 0) is 18.7 Å². The van der Waals surface area contributed by atoms with E-state index in [2.05, 4.69) is 4.90 Å². The lowest BCUT2D eigenvalue weighted by atomic mass is 10.1. The fourth-order valence-electron chi connectivity index (χ4n) is 3.17. The lowest BCUT2D eigenvalue weighted by molar-refractivity contribution is -0.149. The quantitative estimate of drug-likeness (QED) is 0.756. The van der Waals surface area contributed by atoms with E-state index in [1.807, 2.05) is 25.2 Å². The van der Waals surface area contributed by atoms with Crippen LogP contribution in [0.2, 0.25) is 0 Å². The van der Waals surface area contributed by atoms with Crippen LogP contribution in [0.4, 0.5) is 5.69 Å². The highest BCUT2D eigenvalue weighted by Crippen LogP contribution is 2.27. The third-order valence-electron chi connectivity index (χ3n) is 4.45. The topological polar surface area (TPSA) is 70.2 Å². The molecular weight excluding hydrogens is 330 g/mol. The maximum atomic E-state index is 12.8. The van der Waals surface area contributed by atoms with Crippen molar-refractivity contribution >= 4 is 21.6 Å². The summed E-state index contributed by atoms with van der Waals surface area (Å²) in [5, 5.41) is 0. The van der Waals surface area contributed by atoms with Gasteiger partial charge in [-0.2, -0.15) is 0 Å². The number of ether oxygens (including phenoxy) is 1. The Kier molecular flexibility index (Phi) is 4.80. The highest BCUT2D eigenvalue weighted by Gasteiger charge is 2.32. The second kappa shape index (κ2) is 6.70. The smallest absolute Gasteiger partial charge is 0.253 e. The highest BCUT2D eigenvalue weighted by molar-refractivity contribution is 7.92. The monoisotopic (exact) mass is 353 g/mol. The fourth-order valence-corrected chi connectivity index (χ4v) is 4.12. The van der Waals surface area contributed by atoms with Crippen molar-refractivity contribution in [2.45, 2.75) is 12.6 Å². The number of likely N-dealkylation sites (N-methyl/N-ethyl adjacent to an activating group) is 1. The number of morpholine rings is 1. The summed E-state index contributed by atoms with van der Waals surface area (Å²) in [7, 11) is -1.43. The largest absolute Gasteiger partial charge is 0.366 e. The molecule has 2 heterocycles. The molecule has 0 spiro atoms. The molecule has 1 aromatic rings. The standard InChI is InChI=1S/C16H23N3O4S/c1-17-9-10-23-15(12-17)16(20)18-7-8-19(24(2,21)22)14-6-4-3-5-13(14)11-18/h3-6,15H,7-12H2,1-2H3/t15-/m0/s1. The van der Waals surface area contributed by atoms with Crippen LogP contribution in [0, 0.1) is 0 Å². The lowest BCUT2D eigenvalue weighted by Gasteiger charge is -2.32. The number of para-hydroxylation sites is 1. The van der Waals surface area contributed by atoms with Crippen molar-refractivity contribution in [1.29, 1.82) is 0 Å².